The third kappa shape index (κ3) is 1.95. The van der Waals surface area contributed by atoms with Gasteiger partial charge in [0.05, 0.1) is 5.37 Å². The SMILES string of the molecule is C1=CC(N2CCCCC2)SS1. The van der Waals surface area contributed by atoms with Crippen molar-refractivity contribution in [2.45, 2.75) is 24.6 Å². The topological polar surface area (TPSA) is 3.24 Å². The van der Waals surface area contributed by atoms with Crippen LogP contribution in [-0.4, -0.2) is 23.4 Å². The van der Waals surface area contributed by atoms with E-state index in [1.54, 1.807) is 0 Å². The van der Waals surface area contributed by atoms with Crippen LogP contribution in [0.25, 0.3) is 0 Å². The fourth-order valence-corrected chi connectivity index (χ4v) is 3.83. The van der Waals surface area contributed by atoms with Crippen LogP contribution in [-0.2, 0) is 0 Å². The lowest BCUT2D eigenvalue weighted by molar-refractivity contribution is 0.236. The number of nitrogens with zero attached hydrogens (tertiary/aromatic N) is 1. The molecule has 0 radical (unpaired) electrons. The molecule has 2 heterocycles. The summed E-state index contributed by atoms with van der Waals surface area (Å²) in [6, 6.07) is 0. The van der Waals surface area contributed by atoms with Crippen molar-refractivity contribution < 1.29 is 0 Å². The minimum absolute atomic E-state index is 0.681. The molecule has 1 unspecified atom stereocenters. The second-order valence-corrected chi connectivity index (χ2v) is 5.30. The molecule has 11 heavy (non-hydrogen) atoms. The molecule has 0 spiro atoms. The molecule has 0 aromatic rings. The lowest BCUT2D eigenvalue weighted by Crippen LogP contribution is -2.35. The van der Waals surface area contributed by atoms with Crippen molar-refractivity contribution in [1.29, 1.82) is 0 Å². The lowest BCUT2D eigenvalue weighted by Gasteiger charge is -2.29. The van der Waals surface area contributed by atoms with Gasteiger partial charge in [0.25, 0.3) is 0 Å². The fourth-order valence-electron chi connectivity index (χ4n) is 1.58. The van der Waals surface area contributed by atoms with E-state index in [0.717, 1.165) is 0 Å². The molecule has 0 aliphatic carbocycles. The van der Waals surface area contributed by atoms with Gasteiger partial charge in [0, 0.05) is 0 Å². The molecule has 0 aromatic carbocycles. The van der Waals surface area contributed by atoms with Crippen LogP contribution in [0.5, 0.6) is 0 Å². The number of hydrogen-bond donors (Lipinski definition) is 0. The van der Waals surface area contributed by atoms with Crippen molar-refractivity contribution in [2.75, 3.05) is 13.1 Å². The van der Waals surface area contributed by atoms with Gasteiger partial charge in [0.15, 0.2) is 0 Å². The molecule has 62 valence electrons. The van der Waals surface area contributed by atoms with E-state index in [1.165, 1.54) is 32.4 Å². The van der Waals surface area contributed by atoms with Crippen molar-refractivity contribution in [3.8, 4) is 0 Å². The molecule has 1 nitrogen and oxygen atoms in total. The first-order chi connectivity index (χ1) is 5.47. The average Bonchev–Trinajstić information content (AvgIpc) is 2.58. The van der Waals surface area contributed by atoms with E-state index in [0.29, 0.717) is 5.37 Å². The third-order valence-electron chi connectivity index (χ3n) is 2.20. The molecule has 2 aliphatic heterocycles. The molecule has 2 rings (SSSR count). The predicted molar refractivity (Wildman–Crippen MR) is 53.5 cm³/mol. The van der Waals surface area contributed by atoms with Crippen molar-refractivity contribution in [2.24, 2.45) is 0 Å². The highest BCUT2D eigenvalue weighted by molar-refractivity contribution is 8.78. The van der Waals surface area contributed by atoms with Crippen LogP contribution in [0.1, 0.15) is 19.3 Å². The molecule has 3 heteroatoms. The van der Waals surface area contributed by atoms with E-state index in [-0.39, 0.29) is 0 Å². The zero-order valence-electron chi connectivity index (χ0n) is 6.53. The maximum atomic E-state index is 2.59. The zero-order chi connectivity index (χ0) is 7.52. The van der Waals surface area contributed by atoms with Crippen molar-refractivity contribution >= 4 is 21.6 Å². The lowest BCUT2D eigenvalue weighted by atomic mass is 10.1. The van der Waals surface area contributed by atoms with Gasteiger partial charge in [-0.05, 0) is 37.4 Å². The Balaban J connectivity index is 1.87. The molecular weight excluding hydrogens is 174 g/mol. The van der Waals surface area contributed by atoms with Crippen LogP contribution < -0.4 is 0 Å². The van der Waals surface area contributed by atoms with E-state index >= 15 is 0 Å². The number of rotatable bonds is 1. The first-order valence-electron chi connectivity index (χ1n) is 4.20. The van der Waals surface area contributed by atoms with Crippen molar-refractivity contribution in [1.82, 2.24) is 4.90 Å². The zero-order valence-corrected chi connectivity index (χ0v) is 8.16. The molecule has 1 atom stereocenters. The molecule has 1 saturated heterocycles. The van der Waals surface area contributed by atoms with Crippen LogP contribution in [0.2, 0.25) is 0 Å². The van der Waals surface area contributed by atoms with Gasteiger partial charge < -0.3 is 0 Å². The molecule has 0 bridgehead atoms. The second kappa shape index (κ2) is 3.87. The Morgan fingerprint density at radius 2 is 2.00 bits per heavy atom. The van der Waals surface area contributed by atoms with Gasteiger partial charge in [-0.3, -0.25) is 4.90 Å². The van der Waals surface area contributed by atoms with Crippen LogP contribution in [0.4, 0.5) is 0 Å². The summed E-state index contributed by atoms with van der Waals surface area (Å²) in [5, 5.41) is 2.89. The minimum atomic E-state index is 0.681. The Kier molecular flexibility index (Phi) is 2.82. The molecule has 1 fully saturated rings. The Morgan fingerprint density at radius 1 is 1.18 bits per heavy atom. The molecular formula is C8H13NS2. The highest BCUT2D eigenvalue weighted by atomic mass is 33.1. The maximum absolute atomic E-state index is 2.59. The second-order valence-electron chi connectivity index (χ2n) is 3.01. The van der Waals surface area contributed by atoms with Crippen LogP contribution >= 0.6 is 21.6 Å². The Morgan fingerprint density at radius 3 is 2.64 bits per heavy atom. The summed E-state index contributed by atoms with van der Waals surface area (Å²) in [5.74, 6) is 0. The quantitative estimate of drug-likeness (QED) is 0.581. The largest absolute Gasteiger partial charge is 0.288 e. The summed E-state index contributed by atoms with van der Waals surface area (Å²) < 4.78 is 0. The van der Waals surface area contributed by atoms with Gasteiger partial charge in [0.2, 0.25) is 0 Å². The molecule has 0 N–H and O–H groups in total. The van der Waals surface area contributed by atoms with E-state index in [4.69, 9.17) is 0 Å². The van der Waals surface area contributed by atoms with Gasteiger partial charge in [0.1, 0.15) is 0 Å². The molecule has 0 aromatic heterocycles. The van der Waals surface area contributed by atoms with Gasteiger partial charge >= 0.3 is 0 Å². The highest BCUT2D eigenvalue weighted by Crippen LogP contribution is 2.37. The van der Waals surface area contributed by atoms with Gasteiger partial charge in [-0.1, -0.05) is 28.0 Å². The summed E-state index contributed by atoms with van der Waals surface area (Å²) in [6.45, 7) is 2.62. The summed E-state index contributed by atoms with van der Waals surface area (Å²) in [5.41, 5.74) is 0. The summed E-state index contributed by atoms with van der Waals surface area (Å²) in [6.07, 6.45) is 6.55. The molecule has 0 amide bonds. The van der Waals surface area contributed by atoms with Crippen molar-refractivity contribution in [3.05, 3.63) is 11.5 Å². The summed E-state index contributed by atoms with van der Waals surface area (Å²) in [4.78, 5) is 2.59. The van der Waals surface area contributed by atoms with E-state index in [1.807, 2.05) is 21.6 Å². The Hall–Kier alpha value is 0.400. The Bertz CT molecular complexity index is 152. The number of piperidine rings is 1. The molecule has 2 aliphatic rings. The average molecular weight is 187 g/mol. The number of likely N-dealkylation sites (tertiary alicyclic amines) is 1. The van der Waals surface area contributed by atoms with Crippen LogP contribution in [0.3, 0.4) is 0 Å². The normalized spacial score (nSPS) is 32.9. The first-order valence-corrected chi connectivity index (χ1v) is 6.47. The van der Waals surface area contributed by atoms with E-state index in [9.17, 15) is 0 Å². The fraction of sp³-hybridized carbons (Fsp3) is 0.750. The van der Waals surface area contributed by atoms with Crippen molar-refractivity contribution in [3.63, 3.8) is 0 Å². The Labute approximate surface area is 76.0 Å². The maximum Gasteiger partial charge on any atom is 0.0859 e. The standard InChI is InChI=1S/C8H13NS2/c1-2-5-9(6-3-1)8-4-7-10-11-8/h4,7-8H,1-3,5-6H2. The van der Waals surface area contributed by atoms with Gasteiger partial charge in [-0.2, -0.15) is 0 Å². The summed E-state index contributed by atoms with van der Waals surface area (Å²) in [7, 11) is 3.85. The highest BCUT2D eigenvalue weighted by Gasteiger charge is 2.20. The third-order valence-corrected chi connectivity index (χ3v) is 4.49. The molecule has 0 saturated carbocycles. The number of hydrogen-bond acceptors (Lipinski definition) is 3. The van der Waals surface area contributed by atoms with Gasteiger partial charge in [-0.15, -0.1) is 0 Å². The van der Waals surface area contributed by atoms with E-state index < -0.39 is 0 Å². The monoisotopic (exact) mass is 187 g/mol. The first kappa shape index (κ1) is 8.02. The van der Waals surface area contributed by atoms with Crippen LogP contribution in [0, 0.1) is 0 Å². The van der Waals surface area contributed by atoms with Crippen LogP contribution in [0.15, 0.2) is 11.5 Å². The predicted octanol–water partition coefficient (Wildman–Crippen LogP) is 2.71. The van der Waals surface area contributed by atoms with E-state index in [2.05, 4.69) is 16.4 Å². The smallest absolute Gasteiger partial charge is 0.0859 e. The van der Waals surface area contributed by atoms with Gasteiger partial charge in [-0.25, -0.2) is 0 Å². The summed E-state index contributed by atoms with van der Waals surface area (Å²) >= 11 is 0. The minimum Gasteiger partial charge on any atom is -0.288 e.